The number of nitrogens with zero attached hydrogens (tertiary/aromatic N) is 1. The number of amides is 1. The van der Waals surface area contributed by atoms with Gasteiger partial charge in [0, 0.05) is 24.1 Å². The molecule has 0 spiro atoms. The van der Waals surface area contributed by atoms with Gasteiger partial charge in [-0.1, -0.05) is 27.7 Å². The van der Waals surface area contributed by atoms with Crippen molar-refractivity contribution in [3.8, 4) is 0 Å². The molecule has 0 fully saturated rings. The molecule has 0 aliphatic heterocycles. The van der Waals surface area contributed by atoms with Gasteiger partial charge in [-0.25, -0.2) is 8.42 Å². The fourth-order valence-electron chi connectivity index (χ4n) is 2.12. The highest BCUT2D eigenvalue weighted by Gasteiger charge is 2.23. The largest absolute Gasteiger partial charge is 0.352 e. The highest BCUT2D eigenvalue weighted by Crippen LogP contribution is 2.23. The second-order valence-corrected chi connectivity index (χ2v) is 8.46. The van der Waals surface area contributed by atoms with Gasteiger partial charge in [-0.2, -0.15) is 4.31 Å². The standard InChI is InChI=1S/C16H25BrN2O3S/c1-5-19(6-2)23(21,22)13-7-8-15(17)14(11-13)16(20)18-10-9-12(3)4/h7-8,11-12H,5-6,9-10H2,1-4H3,(H,18,20). The molecule has 0 bridgehead atoms. The van der Waals surface area contributed by atoms with Crippen LogP contribution in [0.5, 0.6) is 0 Å². The molecule has 0 radical (unpaired) electrons. The van der Waals surface area contributed by atoms with E-state index in [4.69, 9.17) is 0 Å². The van der Waals surface area contributed by atoms with Crippen LogP contribution in [-0.2, 0) is 10.0 Å². The number of halogens is 1. The summed E-state index contributed by atoms with van der Waals surface area (Å²) < 4.78 is 27.1. The first kappa shape index (κ1) is 20.1. The van der Waals surface area contributed by atoms with Gasteiger partial charge in [-0.15, -0.1) is 0 Å². The number of benzene rings is 1. The maximum atomic E-state index is 12.6. The molecule has 0 aliphatic carbocycles. The molecule has 23 heavy (non-hydrogen) atoms. The number of nitrogens with one attached hydrogen (secondary N) is 1. The van der Waals surface area contributed by atoms with E-state index in [1.807, 2.05) is 0 Å². The lowest BCUT2D eigenvalue weighted by atomic mass is 10.1. The van der Waals surface area contributed by atoms with E-state index in [1.165, 1.54) is 16.4 Å². The highest BCUT2D eigenvalue weighted by atomic mass is 79.9. The zero-order valence-electron chi connectivity index (χ0n) is 14.1. The molecular weight excluding hydrogens is 380 g/mol. The summed E-state index contributed by atoms with van der Waals surface area (Å²) in [7, 11) is -3.58. The van der Waals surface area contributed by atoms with Gasteiger partial charge < -0.3 is 5.32 Å². The van der Waals surface area contributed by atoms with Gasteiger partial charge in [-0.05, 0) is 46.5 Å². The predicted molar refractivity (Wildman–Crippen MR) is 96.0 cm³/mol. The number of carbonyl (C=O) groups is 1. The fourth-order valence-corrected chi connectivity index (χ4v) is 4.03. The van der Waals surface area contributed by atoms with Gasteiger partial charge in [-0.3, -0.25) is 4.79 Å². The van der Waals surface area contributed by atoms with Crippen LogP contribution in [0.25, 0.3) is 0 Å². The van der Waals surface area contributed by atoms with Gasteiger partial charge in [0.25, 0.3) is 5.91 Å². The summed E-state index contributed by atoms with van der Waals surface area (Å²) in [5.74, 6) is 0.224. The van der Waals surface area contributed by atoms with Crippen LogP contribution < -0.4 is 5.32 Å². The van der Waals surface area contributed by atoms with Gasteiger partial charge in [0.15, 0.2) is 0 Å². The lowest BCUT2D eigenvalue weighted by Crippen LogP contribution is -2.31. The molecular formula is C16H25BrN2O3S. The van der Waals surface area contributed by atoms with Crippen molar-refractivity contribution in [3.63, 3.8) is 0 Å². The molecule has 0 aromatic heterocycles. The number of hydrogen-bond acceptors (Lipinski definition) is 3. The third kappa shape index (κ3) is 5.29. The van der Waals surface area contributed by atoms with Gasteiger partial charge in [0.2, 0.25) is 10.0 Å². The van der Waals surface area contributed by atoms with E-state index in [0.29, 0.717) is 35.6 Å². The smallest absolute Gasteiger partial charge is 0.252 e. The van der Waals surface area contributed by atoms with E-state index in [2.05, 4.69) is 35.1 Å². The molecule has 0 atom stereocenters. The van der Waals surface area contributed by atoms with Crippen molar-refractivity contribution >= 4 is 31.9 Å². The average molecular weight is 405 g/mol. The normalized spacial score (nSPS) is 12.0. The summed E-state index contributed by atoms with van der Waals surface area (Å²) in [5.41, 5.74) is 0.335. The second-order valence-electron chi connectivity index (χ2n) is 5.67. The van der Waals surface area contributed by atoms with Crippen molar-refractivity contribution in [2.45, 2.75) is 39.0 Å². The molecule has 1 amide bonds. The van der Waals surface area contributed by atoms with E-state index in [1.54, 1.807) is 19.9 Å². The molecule has 1 aromatic rings. The van der Waals surface area contributed by atoms with E-state index >= 15 is 0 Å². The number of sulfonamides is 1. The lowest BCUT2D eigenvalue weighted by Gasteiger charge is -2.19. The zero-order valence-corrected chi connectivity index (χ0v) is 16.5. The highest BCUT2D eigenvalue weighted by molar-refractivity contribution is 9.10. The molecule has 1 N–H and O–H groups in total. The third-order valence-electron chi connectivity index (χ3n) is 3.53. The lowest BCUT2D eigenvalue weighted by molar-refractivity contribution is 0.0951. The summed E-state index contributed by atoms with van der Waals surface area (Å²) >= 11 is 3.32. The van der Waals surface area contributed by atoms with Crippen LogP contribution in [0.1, 0.15) is 44.5 Å². The summed E-state index contributed by atoms with van der Waals surface area (Å²) in [6.07, 6.45) is 0.876. The van der Waals surface area contributed by atoms with Crippen LogP contribution in [0.15, 0.2) is 27.6 Å². The Morgan fingerprint density at radius 3 is 2.39 bits per heavy atom. The van der Waals surface area contributed by atoms with Crippen molar-refractivity contribution < 1.29 is 13.2 Å². The molecule has 1 rings (SSSR count). The minimum Gasteiger partial charge on any atom is -0.352 e. The average Bonchev–Trinajstić information content (AvgIpc) is 2.47. The Morgan fingerprint density at radius 2 is 1.87 bits per heavy atom. The molecule has 0 saturated heterocycles. The number of hydrogen-bond donors (Lipinski definition) is 1. The molecule has 130 valence electrons. The Morgan fingerprint density at radius 1 is 1.26 bits per heavy atom. The molecule has 0 aliphatic rings. The van der Waals surface area contributed by atoms with Crippen LogP contribution in [0, 0.1) is 5.92 Å². The van der Waals surface area contributed by atoms with Gasteiger partial charge in [0.05, 0.1) is 10.5 Å². The van der Waals surface area contributed by atoms with Crippen LogP contribution in [-0.4, -0.2) is 38.3 Å². The Kier molecular flexibility index (Phi) is 7.70. The maximum Gasteiger partial charge on any atom is 0.252 e. The van der Waals surface area contributed by atoms with E-state index in [-0.39, 0.29) is 10.8 Å². The number of rotatable bonds is 8. The quantitative estimate of drug-likeness (QED) is 0.722. The van der Waals surface area contributed by atoms with Gasteiger partial charge in [0.1, 0.15) is 0 Å². The number of carbonyl (C=O) groups excluding carboxylic acids is 1. The molecule has 7 heteroatoms. The van der Waals surface area contributed by atoms with Gasteiger partial charge >= 0.3 is 0 Å². The first-order valence-corrected chi connectivity index (χ1v) is 10.0. The third-order valence-corrected chi connectivity index (χ3v) is 6.27. The van der Waals surface area contributed by atoms with Crippen LogP contribution in [0.2, 0.25) is 0 Å². The topological polar surface area (TPSA) is 66.5 Å². The van der Waals surface area contributed by atoms with Crippen molar-refractivity contribution in [3.05, 3.63) is 28.2 Å². The van der Waals surface area contributed by atoms with Crippen LogP contribution in [0.3, 0.4) is 0 Å². The summed E-state index contributed by atoms with van der Waals surface area (Å²) in [4.78, 5) is 12.4. The van der Waals surface area contributed by atoms with E-state index in [9.17, 15) is 13.2 Å². The van der Waals surface area contributed by atoms with E-state index < -0.39 is 10.0 Å². The maximum absolute atomic E-state index is 12.6. The monoisotopic (exact) mass is 404 g/mol. The Hall–Kier alpha value is -0.920. The van der Waals surface area contributed by atoms with Crippen molar-refractivity contribution in [1.29, 1.82) is 0 Å². The predicted octanol–water partition coefficient (Wildman–Crippen LogP) is 3.26. The Balaban J connectivity index is 3.06. The fraction of sp³-hybridized carbons (Fsp3) is 0.562. The second kappa shape index (κ2) is 8.80. The first-order valence-electron chi connectivity index (χ1n) is 7.81. The van der Waals surface area contributed by atoms with Crippen LogP contribution >= 0.6 is 15.9 Å². The zero-order chi connectivity index (χ0) is 17.6. The molecule has 1 aromatic carbocycles. The minimum absolute atomic E-state index is 0.137. The van der Waals surface area contributed by atoms with Crippen molar-refractivity contribution in [1.82, 2.24) is 9.62 Å². The minimum atomic E-state index is -3.58. The molecule has 0 unspecified atom stereocenters. The Labute approximate surface area is 147 Å². The molecule has 5 nitrogen and oxygen atoms in total. The van der Waals surface area contributed by atoms with Crippen molar-refractivity contribution in [2.75, 3.05) is 19.6 Å². The van der Waals surface area contributed by atoms with E-state index in [0.717, 1.165) is 6.42 Å². The SMILES string of the molecule is CCN(CC)S(=O)(=O)c1ccc(Br)c(C(=O)NCCC(C)C)c1. The van der Waals surface area contributed by atoms with Crippen molar-refractivity contribution in [2.24, 2.45) is 5.92 Å². The first-order chi connectivity index (χ1) is 10.7. The Bertz CT molecular complexity index is 641. The summed E-state index contributed by atoms with van der Waals surface area (Å²) in [5, 5.41) is 2.83. The molecule has 0 heterocycles. The molecule has 0 saturated carbocycles. The summed E-state index contributed by atoms with van der Waals surface area (Å²) in [6, 6.07) is 4.55. The van der Waals surface area contributed by atoms with Crippen LogP contribution in [0.4, 0.5) is 0 Å². The summed E-state index contributed by atoms with van der Waals surface area (Å²) in [6.45, 7) is 9.10.